The molecule has 16 heavy (non-hydrogen) atoms. The number of nitrogens with zero attached hydrogens (tertiary/aromatic N) is 1. The van der Waals surface area contributed by atoms with Gasteiger partial charge in [0.15, 0.2) is 6.04 Å². The first-order valence-corrected chi connectivity index (χ1v) is 4.45. The number of ether oxygens (including phenoxy) is 1. The van der Waals surface area contributed by atoms with E-state index in [0.29, 0.717) is 0 Å². The largest absolute Gasteiger partial charge is 0.480 e. The quantitative estimate of drug-likeness (QED) is 0.714. The van der Waals surface area contributed by atoms with Crippen molar-refractivity contribution in [2.24, 2.45) is 0 Å². The van der Waals surface area contributed by atoms with Crippen LogP contribution in [-0.2, 0) is 14.3 Å². The molecule has 0 aromatic rings. The number of aliphatic carboxylic acids is 1. The molecule has 1 N–H and O–H groups in total. The summed E-state index contributed by atoms with van der Waals surface area (Å²) in [6.45, 7) is 0.655. The molecule has 1 saturated heterocycles. The lowest BCUT2D eigenvalue weighted by molar-refractivity contribution is -0.198. The molecule has 0 aromatic carbocycles. The summed E-state index contributed by atoms with van der Waals surface area (Å²) in [5.41, 5.74) is 0. The second-order valence-electron chi connectivity index (χ2n) is 3.45. The van der Waals surface area contributed by atoms with Crippen LogP contribution in [-0.4, -0.2) is 53.4 Å². The first kappa shape index (κ1) is 12.8. The molecule has 5 nitrogen and oxygen atoms in total. The highest BCUT2D eigenvalue weighted by Crippen LogP contribution is 2.22. The smallest absolute Gasteiger partial charge is 0.471 e. The van der Waals surface area contributed by atoms with Gasteiger partial charge in [0.2, 0.25) is 0 Å². The topological polar surface area (TPSA) is 66.8 Å². The van der Waals surface area contributed by atoms with Gasteiger partial charge in [0, 0.05) is 6.54 Å². The predicted molar refractivity (Wildman–Crippen MR) is 44.6 cm³/mol. The number of amides is 1. The van der Waals surface area contributed by atoms with Crippen molar-refractivity contribution in [1.82, 2.24) is 4.90 Å². The van der Waals surface area contributed by atoms with E-state index < -0.39 is 36.8 Å². The van der Waals surface area contributed by atoms with Crippen LogP contribution in [0, 0.1) is 0 Å². The van der Waals surface area contributed by atoms with E-state index in [1.54, 1.807) is 0 Å². The SMILES string of the molecule is C[C@@H]1CN(C(=O)C(F)(F)F)[C@@H](C(=O)O)CO1. The molecule has 1 amide bonds. The van der Waals surface area contributed by atoms with Crippen molar-refractivity contribution >= 4 is 11.9 Å². The van der Waals surface area contributed by atoms with Gasteiger partial charge in [-0.05, 0) is 6.92 Å². The van der Waals surface area contributed by atoms with E-state index in [9.17, 15) is 22.8 Å². The van der Waals surface area contributed by atoms with Gasteiger partial charge >= 0.3 is 18.1 Å². The number of morpholine rings is 1. The van der Waals surface area contributed by atoms with Crippen LogP contribution >= 0.6 is 0 Å². The number of alkyl halides is 3. The molecule has 0 aromatic heterocycles. The number of hydrogen-bond donors (Lipinski definition) is 1. The van der Waals surface area contributed by atoms with E-state index in [2.05, 4.69) is 0 Å². The monoisotopic (exact) mass is 241 g/mol. The molecule has 0 saturated carbocycles. The Kier molecular flexibility index (Phi) is 3.41. The van der Waals surface area contributed by atoms with Crippen molar-refractivity contribution in [3.05, 3.63) is 0 Å². The molecule has 0 spiro atoms. The fraction of sp³-hybridized carbons (Fsp3) is 0.750. The van der Waals surface area contributed by atoms with Crippen molar-refractivity contribution in [2.75, 3.05) is 13.2 Å². The van der Waals surface area contributed by atoms with Gasteiger partial charge in [0.05, 0.1) is 12.7 Å². The Morgan fingerprint density at radius 1 is 1.44 bits per heavy atom. The van der Waals surface area contributed by atoms with Crippen LogP contribution in [0.1, 0.15) is 6.92 Å². The minimum atomic E-state index is -5.06. The summed E-state index contributed by atoms with van der Waals surface area (Å²) in [5, 5.41) is 8.67. The van der Waals surface area contributed by atoms with Crippen molar-refractivity contribution in [2.45, 2.75) is 25.2 Å². The van der Waals surface area contributed by atoms with E-state index in [1.165, 1.54) is 6.92 Å². The summed E-state index contributed by atoms with van der Waals surface area (Å²) in [4.78, 5) is 21.9. The minimum Gasteiger partial charge on any atom is -0.480 e. The average Bonchev–Trinajstić information content (AvgIpc) is 2.14. The Labute approximate surface area is 88.8 Å². The third-order valence-electron chi connectivity index (χ3n) is 2.16. The molecule has 0 radical (unpaired) electrons. The predicted octanol–water partition coefficient (Wildman–Crippen LogP) is 0.249. The number of rotatable bonds is 1. The van der Waals surface area contributed by atoms with Crippen LogP contribution < -0.4 is 0 Å². The van der Waals surface area contributed by atoms with Crippen LogP contribution in [0.4, 0.5) is 13.2 Å². The fourth-order valence-corrected chi connectivity index (χ4v) is 1.39. The number of carboxylic acid groups (broad SMARTS) is 1. The zero-order valence-electron chi connectivity index (χ0n) is 8.32. The molecule has 1 fully saturated rings. The molecule has 0 unspecified atom stereocenters. The van der Waals surface area contributed by atoms with Gasteiger partial charge in [0.25, 0.3) is 0 Å². The molecular weight excluding hydrogens is 231 g/mol. The summed E-state index contributed by atoms with van der Waals surface area (Å²) in [5.74, 6) is -3.65. The third-order valence-corrected chi connectivity index (χ3v) is 2.16. The number of carbonyl (C=O) groups excluding carboxylic acids is 1. The molecular formula is C8H10F3NO4. The first-order chi connectivity index (χ1) is 7.23. The lowest BCUT2D eigenvalue weighted by Crippen LogP contribution is -2.58. The summed E-state index contributed by atoms with van der Waals surface area (Å²) in [7, 11) is 0. The van der Waals surface area contributed by atoms with E-state index in [-0.39, 0.29) is 11.4 Å². The van der Waals surface area contributed by atoms with Crippen LogP contribution in [0.3, 0.4) is 0 Å². The summed E-state index contributed by atoms with van der Waals surface area (Å²) in [6.07, 6.45) is -5.67. The molecule has 92 valence electrons. The van der Waals surface area contributed by atoms with Crippen molar-refractivity contribution in [1.29, 1.82) is 0 Å². The highest BCUT2D eigenvalue weighted by atomic mass is 19.4. The highest BCUT2D eigenvalue weighted by Gasteiger charge is 2.48. The van der Waals surface area contributed by atoms with Crippen LogP contribution in [0.5, 0.6) is 0 Å². The summed E-state index contributed by atoms with van der Waals surface area (Å²) >= 11 is 0. The van der Waals surface area contributed by atoms with Crippen molar-refractivity contribution in [3.8, 4) is 0 Å². The maximum absolute atomic E-state index is 12.2. The molecule has 2 atom stereocenters. The molecule has 1 rings (SSSR count). The lowest BCUT2D eigenvalue weighted by Gasteiger charge is -2.36. The van der Waals surface area contributed by atoms with Gasteiger partial charge < -0.3 is 14.7 Å². The molecule has 0 bridgehead atoms. The first-order valence-electron chi connectivity index (χ1n) is 4.45. The molecule has 8 heteroatoms. The second-order valence-corrected chi connectivity index (χ2v) is 3.45. The number of halogens is 3. The molecule has 1 aliphatic heterocycles. The van der Waals surface area contributed by atoms with Crippen LogP contribution in [0.15, 0.2) is 0 Å². The van der Waals surface area contributed by atoms with Gasteiger partial charge in [-0.2, -0.15) is 13.2 Å². The third kappa shape index (κ3) is 2.63. The molecule has 1 heterocycles. The Morgan fingerprint density at radius 2 is 2.00 bits per heavy atom. The molecule has 1 aliphatic rings. The van der Waals surface area contributed by atoms with Gasteiger partial charge in [-0.1, -0.05) is 0 Å². The summed E-state index contributed by atoms with van der Waals surface area (Å²) in [6, 6.07) is -1.58. The minimum absolute atomic E-state index is 0.288. The summed E-state index contributed by atoms with van der Waals surface area (Å²) < 4.78 is 41.4. The standard InChI is InChI=1S/C8H10F3NO4/c1-4-2-12(7(15)8(9,10)11)5(3-16-4)6(13)14/h4-5H,2-3H2,1H3,(H,13,14)/t4-,5-/m1/s1. The number of carboxylic acids is 1. The fourth-order valence-electron chi connectivity index (χ4n) is 1.39. The van der Waals surface area contributed by atoms with Gasteiger partial charge in [-0.15, -0.1) is 0 Å². The van der Waals surface area contributed by atoms with E-state index in [1.807, 2.05) is 0 Å². The zero-order valence-corrected chi connectivity index (χ0v) is 8.32. The Bertz CT molecular complexity index is 304. The van der Waals surface area contributed by atoms with Crippen LogP contribution in [0.25, 0.3) is 0 Å². The van der Waals surface area contributed by atoms with Gasteiger partial charge in [-0.25, -0.2) is 4.79 Å². The normalized spacial score (nSPS) is 26.6. The Hall–Kier alpha value is -1.31. The second kappa shape index (κ2) is 4.28. The number of hydrogen-bond acceptors (Lipinski definition) is 3. The maximum atomic E-state index is 12.2. The van der Waals surface area contributed by atoms with E-state index in [0.717, 1.165) is 0 Å². The van der Waals surface area contributed by atoms with E-state index in [4.69, 9.17) is 9.84 Å². The average molecular weight is 241 g/mol. The maximum Gasteiger partial charge on any atom is 0.471 e. The van der Waals surface area contributed by atoms with Crippen molar-refractivity contribution in [3.63, 3.8) is 0 Å². The lowest BCUT2D eigenvalue weighted by atomic mass is 10.2. The highest BCUT2D eigenvalue weighted by molar-refractivity contribution is 5.87. The van der Waals surface area contributed by atoms with E-state index >= 15 is 0 Å². The Morgan fingerprint density at radius 3 is 2.44 bits per heavy atom. The Balaban J connectivity index is 2.87. The molecule has 0 aliphatic carbocycles. The van der Waals surface area contributed by atoms with Crippen molar-refractivity contribution < 1.29 is 32.6 Å². The number of carbonyl (C=O) groups is 2. The van der Waals surface area contributed by atoms with Gasteiger partial charge in [0.1, 0.15) is 0 Å². The zero-order chi connectivity index (χ0) is 12.5. The van der Waals surface area contributed by atoms with Crippen LogP contribution in [0.2, 0.25) is 0 Å². The van der Waals surface area contributed by atoms with Gasteiger partial charge in [-0.3, -0.25) is 4.79 Å².